The molecule has 5 heteroatoms. The molecular weight excluding hydrogens is 416 g/mol. The first-order valence-corrected chi connectivity index (χ1v) is 11.7. The van der Waals surface area contributed by atoms with Crippen LogP contribution in [0.2, 0.25) is 0 Å². The van der Waals surface area contributed by atoms with Crippen molar-refractivity contribution in [2.75, 3.05) is 0 Å². The molecular formula is C28H28O5. The summed E-state index contributed by atoms with van der Waals surface area (Å²) in [5.41, 5.74) is 2.41. The highest BCUT2D eigenvalue weighted by Gasteiger charge is 2.54. The van der Waals surface area contributed by atoms with E-state index >= 15 is 0 Å². The van der Waals surface area contributed by atoms with Gasteiger partial charge in [-0.05, 0) is 42.7 Å². The van der Waals surface area contributed by atoms with Crippen LogP contribution >= 0.6 is 0 Å². The lowest BCUT2D eigenvalue weighted by atomic mass is 9.75. The minimum absolute atomic E-state index is 0.0532. The fraction of sp³-hybridized carbons (Fsp3) is 0.321. The van der Waals surface area contributed by atoms with Crippen LogP contribution < -0.4 is 4.74 Å². The summed E-state index contributed by atoms with van der Waals surface area (Å²) < 4.78 is 12.4. The highest BCUT2D eigenvalue weighted by Crippen LogP contribution is 2.58. The third kappa shape index (κ3) is 3.52. The number of rotatable bonds is 7. The number of hydrogen-bond acceptors (Lipinski definition) is 5. The summed E-state index contributed by atoms with van der Waals surface area (Å²) in [6, 6.07) is 15.6. The lowest BCUT2D eigenvalue weighted by molar-refractivity contribution is 0.0221. The zero-order valence-electron chi connectivity index (χ0n) is 18.8. The van der Waals surface area contributed by atoms with Crippen molar-refractivity contribution in [3.63, 3.8) is 0 Å². The lowest BCUT2D eigenvalue weighted by Crippen LogP contribution is -2.34. The summed E-state index contributed by atoms with van der Waals surface area (Å²) in [7, 11) is 0. The Balaban J connectivity index is 1.65. The minimum Gasteiger partial charge on any atom is -0.508 e. The Labute approximate surface area is 193 Å². The average molecular weight is 445 g/mol. The molecule has 0 bridgehead atoms. The van der Waals surface area contributed by atoms with Crippen molar-refractivity contribution in [2.24, 2.45) is 0 Å². The molecule has 3 aromatic carbocycles. The molecule has 2 heterocycles. The summed E-state index contributed by atoms with van der Waals surface area (Å²) in [5.74, 6) is 0.612. The zero-order chi connectivity index (χ0) is 23.0. The largest absolute Gasteiger partial charge is 0.508 e. The van der Waals surface area contributed by atoms with Gasteiger partial charge >= 0.3 is 5.97 Å². The molecule has 1 unspecified atom stereocenters. The first-order valence-electron chi connectivity index (χ1n) is 11.7. The Kier molecular flexibility index (Phi) is 5.49. The number of carbonyl (C=O) groups is 1. The molecule has 3 aromatic rings. The summed E-state index contributed by atoms with van der Waals surface area (Å²) in [6.07, 6.45) is 7.66. The standard InChI is InChI=1S/C28H28O5/c1-2-3-4-5-6-7-10-18-15-20(30)17-25-26(18)28(23-14-13-19(29)16-24(23)32-25)22-12-9-8-11-21(22)27(31)33-28/h8-9,11-17,29-30H,2-7,10H2,1H3. The van der Waals surface area contributed by atoms with Crippen LogP contribution in [0.3, 0.4) is 0 Å². The van der Waals surface area contributed by atoms with Gasteiger partial charge in [0.2, 0.25) is 0 Å². The van der Waals surface area contributed by atoms with E-state index in [4.69, 9.17) is 9.47 Å². The van der Waals surface area contributed by atoms with Gasteiger partial charge in [-0.2, -0.15) is 0 Å². The number of unbranched alkanes of at least 4 members (excludes halogenated alkanes) is 5. The van der Waals surface area contributed by atoms with E-state index in [1.165, 1.54) is 31.7 Å². The fourth-order valence-corrected chi connectivity index (χ4v) is 5.17. The number of hydrogen-bond donors (Lipinski definition) is 2. The second-order valence-electron chi connectivity index (χ2n) is 8.89. The van der Waals surface area contributed by atoms with E-state index in [1.807, 2.05) is 18.2 Å². The van der Waals surface area contributed by atoms with Crippen molar-refractivity contribution in [1.82, 2.24) is 0 Å². The van der Waals surface area contributed by atoms with Crippen molar-refractivity contribution in [3.8, 4) is 23.0 Å². The van der Waals surface area contributed by atoms with Gasteiger partial charge in [0, 0.05) is 23.3 Å². The number of benzene rings is 3. The molecule has 0 radical (unpaired) electrons. The number of aryl methyl sites for hydroxylation is 1. The number of phenolic OH excluding ortho intramolecular Hbond substituents is 2. The molecule has 5 rings (SSSR count). The summed E-state index contributed by atoms with van der Waals surface area (Å²) in [4.78, 5) is 13.0. The Morgan fingerprint density at radius 2 is 1.58 bits per heavy atom. The van der Waals surface area contributed by atoms with Crippen molar-refractivity contribution in [3.05, 3.63) is 82.4 Å². The molecule has 0 saturated heterocycles. The summed E-state index contributed by atoms with van der Waals surface area (Å²) in [5, 5.41) is 20.6. The highest BCUT2D eigenvalue weighted by atomic mass is 16.6. The van der Waals surface area contributed by atoms with Crippen molar-refractivity contribution in [1.29, 1.82) is 0 Å². The van der Waals surface area contributed by atoms with Crippen LogP contribution in [-0.4, -0.2) is 16.2 Å². The molecule has 2 aliphatic rings. The predicted molar refractivity (Wildman–Crippen MR) is 125 cm³/mol. The number of carbonyl (C=O) groups excluding carboxylic acids is 1. The Morgan fingerprint density at radius 3 is 2.42 bits per heavy atom. The smallest absolute Gasteiger partial charge is 0.340 e. The van der Waals surface area contributed by atoms with Gasteiger partial charge in [-0.1, -0.05) is 57.2 Å². The van der Waals surface area contributed by atoms with E-state index in [0.29, 0.717) is 22.6 Å². The van der Waals surface area contributed by atoms with Crippen molar-refractivity contribution in [2.45, 2.75) is 57.5 Å². The number of phenols is 2. The number of aromatic hydroxyl groups is 2. The summed E-state index contributed by atoms with van der Waals surface area (Å²) in [6.45, 7) is 2.21. The molecule has 0 aromatic heterocycles. The maximum Gasteiger partial charge on any atom is 0.340 e. The van der Waals surface area contributed by atoms with Crippen LogP contribution in [0, 0.1) is 0 Å². The second kappa shape index (κ2) is 8.47. The predicted octanol–water partition coefficient (Wildman–Crippen LogP) is 6.57. The first-order chi connectivity index (χ1) is 16.0. The third-order valence-electron chi connectivity index (χ3n) is 6.66. The van der Waals surface area contributed by atoms with Gasteiger partial charge in [0.1, 0.15) is 23.0 Å². The molecule has 5 nitrogen and oxygen atoms in total. The van der Waals surface area contributed by atoms with Crippen LogP contribution in [-0.2, 0) is 16.8 Å². The topological polar surface area (TPSA) is 76.0 Å². The summed E-state index contributed by atoms with van der Waals surface area (Å²) >= 11 is 0. The zero-order valence-corrected chi connectivity index (χ0v) is 18.8. The van der Waals surface area contributed by atoms with Gasteiger partial charge in [0.15, 0.2) is 5.60 Å². The van der Waals surface area contributed by atoms with E-state index < -0.39 is 11.6 Å². The minimum atomic E-state index is -1.18. The van der Waals surface area contributed by atoms with E-state index in [9.17, 15) is 15.0 Å². The number of fused-ring (bicyclic) bond motifs is 6. The molecule has 33 heavy (non-hydrogen) atoms. The molecule has 0 fully saturated rings. The van der Waals surface area contributed by atoms with Crippen molar-refractivity contribution < 1.29 is 24.5 Å². The van der Waals surface area contributed by atoms with Crippen LogP contribution in [0.15, 0.2) is 54.6 Å². The molecule has 1 spiro atoms. The second-order valence-corrected chi connectivity index (χ2v) is 8.89. The lowest BCUT2D eigenvalue weighted by Gasteiger charge is -2.38. The van der Waals surface area contributed by atoms with E-state index in [-0.39, 0.29) is 11.5 Å². The van der Waals surface area contributed by atoms with Crippen LogP contribution in [0.1, 0.15) is 78.1 Å². The average Bonchev–Trinajstić information content (AvgIpc) is 3.08. The Morgan fingerprint density at radius 1 is 0.818 bits per heavy atom. The Bertz CT molecular complexity index is 1210. The van der Waals surface area contributed by atoms with Gasteiger partial charge in [0.05, 0.1) is 11.1 Å². The molecule has 2 N–H and O–H groups in total. The van der Waals surface area contributed by atoms with Crippen LogP contribution in [0.4, 0.5) is 0 Å². The van der Waals surface area contributed by atoms with Gasteiger partial charge in [-0.15, -0.1) is 0 Å². The molecule has 1 atom stereocenters. The van der Waals surface area contributed by atoms with Gasteiger partial charge < -0.3 is 19.7 Å². The quantitative estimate of drug-likeness (QED) is 0.318. The monoisotopic (exact) mass is 444 g/mol. The van der Waals surface area contributed by atoms with E-state index in [2.05, 4.69) is 6.92 Å². The fourth-order valence-electron chi connectivity index (χ4n) is 5.17. The Hall–Kier alpha value is -3.47. The van der Waals surface area contributed by atoms with Gasteiger partial charge in [-0.3, -0.25) is 0 Å². The molecule has 0 saturated carbocycles. The normalized spacial score (nSPS) is 17.8. The third-order valence-corrected chi connectivity index (χ3v) is 6.66. The molecule has 170 valence electrons. The van der Waals surface area contributed by atoms with E-state index in [0.717, 1.165) is 36.0 Å². The molecule has 0 amide bonds. The van der Waals surface area contributed by atoms with Crippen LogP contribution in [0.25, 0.3) is 0 Å². The number of esters is 1. The van der Waals surface area contributed by atoms with E-state index in [1.54, 1.807) is 30.3 Å². The van der Waals surface area contributed by atoms with Gasteiger partial charge in [0.25, 0.3) is 0 Å². The molecule has 2 aliphatic heterocycles. The SMILES string of the molecule is CCCCCCCCc1cc(O)cc2c1C1(OC(=O)c3ccccc31)c1ccc(O)cc1O2. The van der Waals surface area contributed by atoms with Crippen molar-refractivity contribution >= 4 is 5.97 Å². The maximum atomic E-state index is 13.0. The maximum absolute atomic E-state index is 13.0. The van der Waals surface area contributed by atoms with Gasteiger partial charge in [-0.25, -0.2) is 4.79 Å². The first kappa shape index (κ1) is 21.4. The number of ether oxygens (including phenoxy) is 2. The van der Waals surface area contributed by atoms with Crippen LogP contribution in [0.5, 0.6) is 23.0 Å². The highest BCUT2D eigenvalue weighted by molar-refractivity contribution is 5.97. The molecule has 0 aliphatic carbocycles.